The van der Waals surface area contributed by atoms with Crippen molar-refractivity contribution in [2.45, 2.75) is 180 Å². The summed E-state index contributed by atoms with van der Waals surface area (Å²) in [5.74, 6) is 0. The molecule has 0 aliphatic heterocycles. The van der Waals surface area contributed by atoms with Crippen LogP contribution in [0.5, 0.6) is 0 Å². The number of nitrogens with two attached hydrogens (primary N) is 1. The van der Waals surface area contributed by atoms with Crippen molar-refractivity contribution >= 4 is 33.0 Å². The monoisotopic (exact) mass is 634 g/mol. The quantitative estimate of drug-likeness (QED) is 0.0974. The fourth-order valence-electron chi connectivity index (χ4n) is 7.11. The zero-order valence-corrected chi connectivity index (χ0v) is 34.4. The molecule has 3 N–H and O–H groups in total. The van der Waals surface area contributed by atoms with Crippen LogP contribution in [0.4, 0.5) is 0 Å². The normalized spacial score (nSPS) is 19.9. The molecule has 0 aromatic rings. The van der Waals surface area contributed by atoms with Crippen LogP contribution in [0.1, 0.15) is 93.9 Å². The third-order valence-electron chi connectivity index (χ3n) is 10.9. The molecule has 0 aromatic carbocycles. The maximum atomic E-state index is 7.87. The summed E-state index contributed by atoms with van der Waals surface area (Å²) in [6.07, 6.45) is 6.26. The highest BCUT2D eigenvalue weighted by molar-refractivity contribution is 6.82. The van der Waals surface area contributed by atoms with Crippen molar-refractivity contribution in [3.63, 3.8) is 0 Å². The first kappa shape index (κ1) is 40.7. The highest BCUT2D eigenvalue weighted by Gasteiger charge is 2.63. The molecule has 0 aliphatic carbocycles. The van der Waals surface area contributed by atoms with Gasteiger partial charge in [-0.05, 0) is 104 Å². The van der Waals surface area contributed by atoms with E-state index >= 15 is 0 Å². The summed E-state index contributed by atoms with van der Waals surface area (Å²) in [5.41, 5.74) is 5.47. The molecular formula is C31H74N2O3Si4. The van der Waals surface area contributed by atoms with Crippen LogP contribution in [0.25, 0.3) is 0 Å². The summed E-state index contributed by atoms with van der Waals surface area (Å²) in [6, 6.07) is 1.12. The fourth-order valence-corrected chi connectivity index (χ4v) is 22.2. The Kier molecular flexibility index (Phi) is 15.4. The Morgan fingerprint density at radius 3 is 1.52 bits per heavy atom. The summed E-state index contributed by atoms with van der Waals surface area (Å²) in [4.78, 5) is 0. The SMILES string of the molecule is CCC(CC)(O[Si](C)(CCCNCCN)C(C)(CC)[C@@](C)(CC)O[Si](C)(C)[C@](C)(CC)O[Si](C)(C)C)[Si](C)(C)C. The van der Waals surface area contributed by atoms with Crippen LogP contribution in [0.2, 0.25) is 70.0 Å². The Hall–Kier alpha value is 0.668. The van der Waals surface area contributed by atoms with Gasteiger partial charge in [0.2, 0.25) is 8.32 Å². The highest BCUT2D eigenvalue weighted by atomic mass is 28.4. The van der Waals surface area contributed by atoms with Gasteiger partial charge >= 0.3 is 0 Å². The second-order valence-corrected chi connectivity index (χ2v) is 34.0. The van der Waals surface area contributed by atoms with Crippen LogP contribution in [-0.4, -0.2) is 68.7 Å². The van der Waals surface area contributed by atoms with E-state index in [1.165, 1.54) is 0 Å². The number of nitrogens with one attached hydrogen (secondary N) is 1. The van der Waals surface area contributed by atoms with Gasteiger partial charge in [-0.25, -0.2) is 0 Å². The Bertz CT molecular complexity index is 754. The summed E-state index contributed by atoms with van der Waals surface area (Å²) in [5, 5.41) is 3.21. The predicted octanol–water partition coefficient (Wildman–Crippen LogP) is 9.07. The van der Waals surface area contributed by atoms with Gasteiger partial charge in [-0.15, -0.1) is 0 Å². The first-order chi connectivity index (χ1) is 18.0. The lowest BCUT2D eigenvalue weighted by Gasteiger charge is -2.61. The molecule has 5 nitrogen and oxygen atoms in total. The molecular weight excluding hydrogens is 561 g/mol. The third-order valence-corrected chi connectivity index (χ3v) is 25.3. The minimum atomic E-state index is -2.39. The van der Waals surface area contributed by atoms with E-state index in [1.807, 2.05) is 0 Å². The van der Waals surface area contributed by atoms with Crippen molar-refractivity contribution in [3.8, 4) is 0 Å². The van der Waals surface area contributed by atoms with E-state index in [9.17, 15) is 0 Å². The average molecular weight is 635 g/mol. The van der Waals surface area contributed by atoms with E-state index in [0.717, 1.165) is 57.7 Å². The van der Waals surface area contributed by atoms with Crippen LogP contribution >= 0.6 is 0 Å². The molecule has 2 unspecified atom stereocenters. The second kappa shape index (κ2) is 15.1. The molecule has 0 amide bonds. The van der Waals surface area contributed by atoms with Crippen molar-refractivity contribution in [2.24, 2.45) is 5.73 Å². The topological polar surface area (TPSA) is 65.7 Å². The van der Waals surface area contributed by atoms with Gasteiger partial charge in [0.05, 0.1) is 18.9 Å². The minimum absolute atomic E-state index is 0.0322. The zero-order valence-electron chi connectivity index (χ0n) is 30.4. The lowest BCUT2D eigenvalue weighted by molar-refractivity contribution is -0.0141. The van der Waals surface area contributed by atoms with Crippen LogP contribution < -0.4 is 11.1 Å². The van der Waals surface area contributed by atoms with E-state index in [1.54, 1.807) is 0 Å². The van der Waals surface area contributed by atoms with E-state index in [2.05, 4.69) is 120 Å². The maximum Gasteiger partial charge on any atom is 0.217 e. The van der Waals surface area contributed by atoms with Crippen molar-refractivity contribution in [2.75, 3.05) is 19.6 Å². The van der Waals surface area contributed by atoms with Gasteiger partial charge < -0.3 is 24.3 Å². The molecule has 0 saturated heterocycles. The molecule has 242 valence electrons. The molecule has 4 atom stereocenters. The molecule has 9 heteroatoms. The maximum absolute atomic E-state index is 7.87. The summed E-state index contributed by atoms with van der Waals surface area (Å²) < 4.78 is 22.5. The van der Waals surface area contributed by atoms with E-state index < -0.39 is 33.0 Å². The van der Waals surface area contributed by atoms with Gasteiger partial charge in [0.25, 0.3) is 0 Å². The van der Waals surface area contributed by atoms with E-state index in [0.29, 0.717) is 6.54 Å². The fraction of sp³-hybridized carbons (Fsp3) is 1.00. The molecule has 0 fully saturated rings. The van der Waals surface area contributed by atoms with Crippen LogP contribution in [0.15, 0.2) is 0 Å². The van der Waals surface area contributed by atoms with Gasteiger partial charge in [0.15, 0.2) is 16.6 Å². The standard InChI is InChI=1S/C31H74N2O3Si4/c1-18-28(6,34-39(15,16)30(8,20-3)35-38(12,13)14)29(7,19-2)40(17,27-23-25-33-26-24-32)36-31(21-4,22-5)37(9,10)11/h33H,18-27,32H2,1-17H3/t28-,29?,30-,40?/m1/s1. The zero-order chi connectivity index (χ0) is 31.9. The Morgan fingerprint density at radius 2 is 1.18 bits per heavy atom. The summed E-state index contributed by atoms with van der Waals surface area (Å²) in [7, 11) is -8.13. The van der Waals surface area contributed by atoms with Gasteiger partial charge in [-0.2, -0.15) is 0 Å². The van der Waals surface area contributed by atoms with E-state index in [4.69, 9.17) is 19.0 Å². The van der Waals surface area contributed by atoms with Gasteiger partial charge in [0.1, 0.15) is 0 Å². The molecule has 0 heterocycles. The Morgan fingerprint density at radius 1 is 0.650 bits per heavy atom. The molecule has 0 rings (SSSR count). The van der Waals surface area contributed by atoms with E-state index in [-0.39, 0.29) is 21.1 Å². The van der Waals surface area contributed by atoms with Gasteiger partial charge in [-0.1, -0.05) is 61.2 Å². The van der Waals surface area contributed by atoms with Gasteiger partial charge in [0, 0.05) is 23.4 Å². The minimum Gasteiger partial charge on any atom is -0.414 e. The summed E-state index contributed by atoms with van der Waals surface area (Å²) in [6.45, 7) is 43.4. The van der Waals surface area contributed by atoms with Crippen LogP contribution in [0, 0.1) is 0 Å². The van der Waals surface area contributed by atoms with Crippen molar-refractivity contribution in [1.82, 2.24) is 5.32 Å². The molecule has 0 spiro atoms. The highest BCUT2D eigenvalue weighted by Crippen LogP contribution is 2.59. The van der Waals surface area contributed by atoms with Crippen LogP contribution in [0.3, 0.4) is 0 Å². The first-order valence-corrected chi connectivity index (χ1v) is 28.9. The number of hydrogen-bond acceptors (Lipinski definition) is 5. The lowest BCUT2D eigenvalue weighted by Crippen LogP contribution is -2.69. The van der Waals surface area contributed by atoms with Crippen molar-refractivity contribution in [3.05, 3.63) is 0 Å². The third kappa shape index (κ3) is 9.09. The first-order valence-electron chi connectivity index (χ1n) is 16.5. The predicted molar refractivity (Wildman–Crippen MR) is 190 cm³/mol. The number of hydrogen-bond donors (Lipinski definition) is 2. The second-order valence-electron chi connectivity index (χ2n) is 15.6. The molecule has 0 aromatic heterocycles. The number of rotatable bonds is 21. The molecule has 0 aliphatic rings. The van der Waals surface area contributed by atoms with Crippen molar-refractivity contribution in [1.29, 1.82) is 0 Å². The van der Waals surface area contributed by atoms with Crippen LogP contribution in [-0.2, 0) is 13.3 Å². The molecule has 0 radical (unpaired) electrons. The molecule has 0 saturated carbocycles. The smallest absolute Gasteiger partial charge is 0.217 e. The Labute approximate surface area is 256 Å². The molecule has 0 bridgehead atoms. The van der Waals surface area contributed by atoms with Crippen molar-refractivity contribution < 1.29 is 13.3 Å². The summed E-state index contributed by atoms with van der Waals surface area (Å²) >= 11 is 0. The lowest BCUT2D eigenvalue weighted by atomic mass is 9.85. The van der Waals surface area contributed by atoms with Gasteiger partial charge in [-0.3, -0.25) is 0 Å². The Balaban J connectivity index is 7.00. The largest absolute Gasteiger partial charge is 0.414 e. The molecule has 40 heavy (non-hydrogen) atoms. The average Bonchev–Trinajstić information content (AvgIpc) is 2.84.